The van der Waals surface area contributed by atoms with Crippen molar-refractivity contribution in [1.82, 2.24) is 10.3 Å². The predicted octanol–water partition coefficient (Wildman–Crippen LogP) is 4.83. The molecule has 0 radical (unpaired) electrons. The van der Waals surface area contributed by atoms with Gasteiger partial charge in [-0.2, -0.15) is 0 Å². The number of esters is 1. The van der Waals surface area contributed by atoms with Crippen LogP contribution in [0.25, 0.3) is 0 Å². The third-order valence-corrected chi connectivity index (χ3v) is 6.70. The van der Waals surface area contributed by atoms with Crippen molar-refractivity contribution in [2.45, 2.75) is 44.2 Å². The first-order chi connectivity index (χ1) is 16.1. The molecule has 1 aliphatic carbocycles. The zero-order chi connectivity index (χ0) is 22.8. The van der Waals surface area contributed by atoms with Crippen LogP contribution in [0.2, 0.25) is 0 Å². The Hall–Kier alpha value is -3.39. The van der Waals surface area contributed by atoms with E-state index in [1.54, 1.807) is 6.92 Å². The van der Waals surface area contributed by atoms with E-state index in [1.165, 1.54) is 11.8 Å². The molecule has 8 heteroatoms. The molecule has 2 aromatic carbocycles. The Labute approximate surface area is 195 Å². The van der Waals surface area contributed by atoms with Crippen LogP contribution in [0.4, 0.5) is 0 Å². The normalized spacial score (nSPS) is 17.9. The minimum atomic E-state index is -0.895. The summed E-state index contributed by atoms with van der Waals surface area (Å²) in [6, 6.07) is 15.9. The van der Waals surface area contributed by atoms with Crippen molar-refractivity contribution in [1.29, 1.82) is 0 Å². The molecule has 170 valence electrons. The standard InChI is InChI=1S/C25H24N2O5S/c1-2-30-23(29)25(12-13-25)27-22(28)21-15-26-24(33-21)31-18-9-11-20-17(14-18)8-10-19(32-20)16-6-4-3-5-7-16/h3-7,9,11,14-15,19H,2,8,10,12-13H2,1H3,(H,27,28). The Bertz CT molecular complexity index is 1170. The highest BCUT2D eigenvalue weighted by Gasteiger charge is 2.53. The van der Waals surface area contributed by atoms with Gasteiger partial charge in [0.2, 0.25) is 0 Å². The number of carbonyl (C=O) groups is 2. The molecule has 7 nitrogen and oxygen atoms in total. The van der Waals surface area contributed by atoms with E-state index >= 15 is 0 Å². The topological polar surface area (TPSA) is 86.8 Å². The van der Waals surface area contributed by atoms with Crippen molar-refractivity contribution < 1.29 is 23.8 Å². The molecular formula is C25H24N2O5S. The van der Waals surface area contributed by atoms with Crippen LogP contribution >= 0.6 is 11.3 Å². The average molecular weight is 465 g/mol. The van der Waals surface area contributed by atoms with Crippen molar-refractivity contribution in [3.05, 3.63) is 70.7 Å². The summed E-state index contributed by atoms with van der Waals surface area (Å²) < 4.78 is 17.2. The van der Waals surface area contributed by atoms with Crippen LogP contribution < -0.4 is 14.8 Å². The first-order valence-electron chi connectivity index (χ1n) is 11.0. The van der Waals surface area contributed by atoms with Crippen LogP contribution in [0.5, 0.6) is 16.7 Å². The summed E-state index contributed by atoms with van der Waals surface area (Å²) >= 11 is 1.14. The van der Waals surface area contributed by atoms with Crippen LogP contribution in [0.15, 0.2) is 54.7 Å². The number of hydrogen-bond donors (Lipinski definition) is 1. The highest BCUT2D eigenvalue weighted by atomic mass is 32.1. The molecule has 2 heterocycles. The molecule has 1 unspecified atom stereocenters. The largest absolute Gasteiger partial charge is 0.485 e. The molecule has 1 fully saturated rings. The van der Waals surface area contributed by atoms with Gasteiger partial charge in [0.15, 0.2) is 0 Å². The van der Waals surface area contributed by atoms with E-state index < -0.39 is 5.54 Å². The quantitative estimate of drug-likeness (QED) is 0.504. The average Bonchev–Trinajstić information content (AvgIpc) is 3.47. The van der Waals surface area contributed by atoms with Crippen molar-refractivity contribution in [3.63, 3.8) is 0 Å². The molecule has 1 N–H and O–H groups in total. The lowest BCUT2D eigenvalue weighted by molar-refractivity contribution is -0.146. The zero-order valence-corrected chi connectivity index (χ0v) is 19.0. The third kappa shape index (κ3) is 4.57. The van der Waals surface area contributed by atoms with Crippen LogP contribution in [0.1, 0.15) is 53.1 Å². The fourth-order valence-electron chi connectivity index (χ4n) is 3.90. The molecule has 2 aliphatic rings. The Kier molecular flexibility index (Phi) is 5.76. The van der Waals surface area contributed by atoms with Gasteiger partial charge in [0.25, 0.3) is 11.1 Å². The Morgan fingerprint density at radius 2 is 2.03 bits per heavy atom. The number of carbonyl (C=O) groups excluding carboxylic acids is 2. The minimum Gasteiger partial charge on any atom is -0.485 e. The smallest absolute Gasteiger partial charge is 0.331 e. The number of thiazole rings is 1. The summed E-state index contributed by atoms with van der Waals surface area (Å²) in [5.41, 5.74) is 1.36. The van der Waals surface area contributed by atoms with Crippen LogP contribution in [0.3, 0.4) is 0 Å². The maximum Gasteiger partial charge on any atom is 0.331 e. The van der Waals surface area contributed by atoms with E-state index in [1.807, 2.05) is 36.4 Å². The molecule has 5 rings (SSSR count). The van der Waals surface area contributed by atoms with Gasteiger partial charge >= 0.3 is 5.97 Å². The minimum absolute atomic E-state index is 0.0508. The molecule has 0 spiro atoms. The second-order valence-corrected chi connectivity index (χ2v) is 9.17. The fourth-order valence-corrected chi connectivity index (χ4v) is 4.58. The van der Waals surface area contributed by atoms with E-state index in [-0.39, 0.29) is 24.6 Å². The van der Waals surface area contributed by atoms with Crippen molar-refractivity contribution in [2.75, 3.05) is 6.61 Å². The van der Waals surface area contributed by atoms with Crippen molar-refractivity contribution in [3.8, 4) is 16.7 Å². The summed E-state index contributed by atoms with van der Waals surface area (Å²) in [5.74, 6) is 0.765. The van der Waals surface area contributed by atoms with Gasteiger partial charge in [-0.3, -0.25) is 4.79 Å². The van der Waals surface area contributed by atoms with Crippen molar-refractivity contribution >= 4 is 23.2 Å². The van der Waals surface area contributed by atoms with Crippen molar-refractivity contribution in [2.24, 2.45) is 0 Å². The number of hydrogen-bond acceptors (Lipinski definition) is 7. The highest BCUT2D eigenvalue weighted by Crippen LogP contribution is 2.39. The molecule has 33 heavy (non-hydrogen) atoms. The molecule has 0 saturated heterocycles. The molecule has 3 aromatic rings. The molecule has 1 aliphatic heterocycles. The second kappa shape index (κ2) is 8.86. The van der Waals surface area contributed by atoms with Gasteiger partial charge in [0.05, 0.1) is 12.8 Å². The number of nitrogens with zero attached hydrogens (tertiary/aromatic N) is 1. The van der Waals surface area contributed by atoms with Gasteiger partial charge in [-0.15, -0.1) is 0 Å². The molecular weight excluding hydrogens is 440 g/mol. The first kappa shape index (κ1) is 21.5. The molecule has 1 amide bonds. The lowest BCUT2D eigenvalue weighted by Crippen LogP contribution is -2.43. The van der Waals surface area contributed by atoms with Crippen LogP contribution in [-0.2, 0) is 16.0 Å². The maximum atomic E-state index is 12.6. The number of rotatable bonds is 7. The summed E-state index contributed by atoms with van der Waals surface area (Å²) in [6.07, 6.45) is 4.46. The van der Waals surface area contributed by atoms with E-state index in [4.69, 9.17) is 14.2 Å². The first-order valence-corrected chi connectivity index (χ1v) is 11.9. The van der Waals surface area contributed by atoms with Gasteiger partial charge in [-0.1, -0.05) is 41.7 Å². The van der Waals surface area contributed by atoms with Gasteiger partial charge in [-0.25, -0.2) is 9.78 Å². The number of amides is 1. The highest BCUT2D eigenvalue weighted by molar-refractivity contribution is 7.15. The summed E-state index contributed by atoms with van der Waals surface area (Å²) in [6.45, 7) is 2.03. The number of nitrogens with one attached hydrogen (secondary N) is 1. The molecule has 1 saturated carbocycles. The second-order valence-electron chi connectivity index (χ2n) is 8.17. The zero-order valence-electron chi connectivity index (χ0n) is 18.2. The van der Waals surface area contributed by atoms with Gasteiger partial charge < -0.3 is 19.5 Å². The van der Waals surface area contributed by atoms with E-state index in [0.29, 0.717) is 28.7 Å². The number of fused-ring (bicyclic) bond motifs is 1. The molecule has 1 aromatic heterocycles. The van der Waals surface area contributed by atoms with Gasteiger partial charge in [0.1, 0.15) is 28.0 Å². The number of ether oxygens (including phenoxy) is 3. The van der Waals surface area contributed by atoms with E-state index in [2.05, 4.69) is 22.4 Å². The molecule has 0 bridgehead atoms. The summed E-state index contributed by atoms with van der Waals surface area (Å²) in [5, 5.41) is 3.15. The molecule has 1 atom stereocenters. The van der Waals surface area contributed by atoms with Crippen LogP contribution in [0, 0.1) is 0 Å². The lowest BCUT2D eigenvalue weighted by atomic mass is 9.97. The number of aromatic nitrogens is 1. The van der Waals surface area contributed by atoms with E-state index in [0.717, 1.165) is 35.5 Å². The lowest BCUT2D eigenvalue weighted by Gasteiger charge is -2.26. The van der Waals surface area contributed by atoms with Gasteiger partial charge in [0, 0.05) is 0 Å². The Morgan fingerprint density at radius 1 is 1.21 bits per heavy atom. The summed E-state index contributed by atoms with van der Waals surface area (Å²) in [7, 11) is 0. The Morgan fingerprint density at radius 3 is 2.79 bits per heavy atom. The predicted molar refractivity (Wildman–Crippen MR) is 123 cm³/mol. The van der Waals surface area contributed by atoms with Gasteiger partial charge in [-0.05, 0) is 61.9 Å². The number of benzene rings is 2. The van der Waals surface area contributed by atoms with E-state index in [9.17, 15) is 9.59 Å². The Balaban J connectivity index is 1.22. The third-order valence-electron chi connectivity index (χ3n) is 5.83. The number of aryl methyl sites for hydroxylation is 1. The summed E-state index contributed by atoms with van der Waals surface area (Å²) in [4.78, 5) is 29.3. The SMILES string of the molecule is CCOC(=O)C1(NC(=O)c2cnc(Oc3ccc4c(c3)CCC(c3ccccc3)O4)s2)CC1. The maximum absolute atomic E-state index is 12.6. The fraction of sp³-hybridized carbons (Fsp3) is 0.320. The monoisotopic (exact) mass is 464 g/mol. The van der Waals surface area contributed by atoms with Crippen LogP contribution in [-0.4, -0.2) is 29.0 Å².